The monoisotopic (exact) mass is 516 g/mol. The van der Waals surface area contributed by atoms with Gasteiger partial charge >= 0.3 is 0 Å². The first kappa shape index (κ1) is 24.0. The summed E-state index contributed by atoms with van der Waals surface area (Å²) in [5.74, 6) is 0.152. The van der Waals surface area contributed by atoms with Gasteiger partial charge in [-0.2, -0.15) is 0 Å². The van der Waals surface area contributed by atoms with Gasteiger partial charge in [0.25, 0.3) is 5.91 Å². The summed E-state index contributed by atoms with van der Waals surface area (Å²) in [5.41, 5.74) is 2.04. The summed E-state index contributed by atoms with van der Waals surface area (Å²) >= 11 is 3.39. The van der Waals surface area contributed by atoms with Crippen LogP contribution in [0.3, 0.4) is 0 Å². The van der Waals surface area contributed by atoms with E-state index in [0.717, 1.165) is 15.6 Å². The highest BCUT2D eigenvalue weighted by molar-refractivity contribution is 9.10. The molecule has 0 aliphatic heterocycles. The van der Waals surface area contributed by atoms with Crippen LogP contribution in [0.1, 0.15) is 24.1 Å². The van der Waals surface area contributed by atoms with E-state index in [0.29, 0.717) is 18.7 Å². The number of hydrogen-bond acceptors (Lipinski definition) is 4. The fourth-order valence-electron chi connectivity index (χ4n) is 3.04. The maximum Gasteiger partial charge on any atom is 0.258 e. The summed E-state index contributed by atoms with van der Waals surface area (Å²) in [6.07, 6.45) is 0.606. The van der Waals surface area contributed by atoms with E-state index in [1.165, 1.54) is 24.3 Å². The molecule has 32 heavy (non-hydrogen) atoms. The second-order valence-corrected chi connectivity index (χ2v) is 9.92. The van der Waals surface area contributed by atoms with E-state index in [2.05, 4.69) is 26.0 Å². The van der Waals surface area contributed by atoms with Gasteiger partial charge in [0.05, 0.1) is 10.9 Å². The highest BCUT2D eigenvalue weighted by Gasteiger charge is 2.14. The van der Waals surface area contributed by atoms with Gasteiger partial charge in [-0.05, 0) is 60.9 Å². The van der Waals surface area contributed by atoms with Crippen molar-refractivity contribution in [3.05, 3.63) is 94.5 Å². The lowest BCUT2D eigenvalue weighted by atomic mass is 10.1. The zero-order valence-corrected chi connectivity index (χ0v) is 20.0. The normalized spacial score (nSPS) is 12.2. The Morgan fingerprint density at radius 2 is 1.62 bits per heavy atom. The molecule has 0 fully saturated rings. The Kier molecular flexibility index (Phi) is 8.44. The van der Waals surface area contributed by atoms with Crippen LogP contribution in [-0.4, -0.2) is 27.5 Å². The molecule has 1 amide bonds. The summed E-state index contributed by atoms with van der Waals surface area (Å²) in [5, 5.41) is 2.87. The summed E-state index contributed by atoms with van der Waals surface area (Å²) in [6.45, 7) is 2.04. The van der Waals surface area contributed by atoms with Crippen molar-refractivity contribution in [2.75, 3.05) is 13.2 Å². The van der Waals surface area contributed by atoms with E-state index >= 15 is 0 Å². The van der Waals surface area contributed by atoms with E-state index in [9.17, 15) is 13.2 Å². The topological polar surface area (TPSA) is 84.5 Å². The Labute approximate surface area is 197 Å². The Balaban J connectivity index is 1.47. The Morgan fingerprint density at radius 3 is 2.28 bits per heavy atom. The van der Waals surface area contributed by atoms with Crippen molar-refractivity contribution < 1.29 is 17.9 Å². The molecule has 0 aromatic heterocycles. The third-order valence-corrected chi connectivity index (χ3v) is 6.81. The minimum Gasteiger partial charge on any atom is -0.484 e. The van der Waals surface area contributed by atoms with Gasteiger partial charge in [-0.3, -0.25) is 4.79 Å². The van der Waals surface area contributed by atoms with Gasteiger partial charge in [0, 0.05) is 11.0 Å². The molecule has 1 atom stereocenters. The molecule has 2 N–H and O–H groups in total. The molecular formula is C24H25BrN2O4S. The van der Waals surface area contributed by atoms with E-state index in [-0.39, 0.29) is 23.5 Å². The fraction of sp³-hybridized carbons (Fsp3) is 0.208. The second-order valence-electron chi connectivity index (χ2n) is 7.23. The van der Waals surface area contributed by atoms with E-state index in [4.69, 9.17) is 4.74 Å². The number of ether oxygens (including phenoxy) is 1. The number of rotatable bonds is 10. The standard InChI is InChI=1S/C24H25BrN2O4S/c1-18(20-7-9-21(25)10-8-20)27-24(28)17-31-22-11-13-23(14-12-22)32(29,30)26-16-15-19-5-3-2-4-6-19/h2-14,18,26H,15-17H2,1H3,(H,27,28)/t18-/m0/s1. The highest BCUT2D eigenvalue weighted by atomic mass is 79.9. The van der Waals surface area contributed by atoms with Crippen LogP contribution >= 0.6 is 15.9 Å². The average molecular weight is 517 g/mol. The third kappa shape index (κ3) is 7.19. The first-order valence-corrected chi connectivity index (χ1v) is 12.4. The largest absolute Gasteiger partial charge is 0.484 e. The number of hydrogen-bond donors (Lipinski definition) is 2. The first-order chi connectivity index (χ1) is 15.3. The quantitative estimate of drug-likeness (QED) is 0.422. The van der Waals surface area contributed by atoms with E-state index in [1.807, 2.05) is 61.5 Å². The molecule has 3 aromatic rings. The predicted octanol–water partition coefficient (Wildman–Crippen LogP) is 4.23. The molecule has 0 aliphatic carbocycles. The van der Waals surface area contributed by atoms with Crippen molar-refractivity contribution in [3.8, 4) is 5.75 Å². The summed E-state index contributed by atoms with van der Waals surface area (Å²) in [6, 6.07) is 23.2. The lowest BCUT2D eigenvalue weighted by Gasteiger charge is -2.15. The predicted molar refractivity (Wildman–Crippen MR) is 128 cm³/mol. The molecule has 0 spiro atoms. The van der Waals surface area contributed by atoms with Gasteiger partial charge in [0.2, 0.25) is 10.0 Å². The molecule has 3 aromatic carbocycles. The van der Waals surface area contributed by atoms with E-state index < -0.39 is 10.0 Å². The Hall–Kier alpha value is -2.68. The zero-order valence-electron chi connectivity index (χ0n) is 17.6. The number of benzene rings is 3. The van der Waals surface area contributed by atoms with Crippen LogP contribution in [0.4, 0.5) is 0 Å². The second kappa shape index (κ2) is 11.3. The van der Waals surface area contributed by atoms with Crippen LogP contribution in [0.5, 0.6) is 5.75 Å². The molecule has 0 radical (unpaired) electrons. The molecular weight excluding hydrogens is 492 g/mol. The number of sulfonamides is 1. The van der Waals surface area contributed by atoms with Crippen molar-refractivity contribution in [3.63, 3.8) is 0 Å². The van der Waals surface area contributed by atoms with Gasteiger partial charge in [-0.1, -0.05) is 58.4 Å². The van der Waals surface area contributed by atoms with Crippen molar-refractivity contribution in [2.24, 2.45) is 0 Å². The number of halogens is 1. The number of carbonyl (C=O) groups is 1. The highest BCUT2D eigenvalue weighted by Crippen LogP contribution is 2.18. The summed E-state index contributed by atoms with van der Waals surface area (Å²) in [7, 11) is -3.62. The van der Waals surface area contributed by atoms with Crippen LogP contribution < -0.4 is 14.8 Å². The van der Waals surface area contributed by atoms with Crippen LogP contribution in [0.25, 0.3) is 0 Å². The maximum absolute atomic E-state index is 12.5. The number of nitrogens with one attached hydrogen (secondary N) is 2. The summed E-state index contributed by atoms with van der Waals surface area (Å²) in [4.78, 5) is 12.3. The molecule has 0 unspecified atom stereocenters. The Morgan fingerprint density at radius 1 is 0.969 bits per heavy atom. The lowest BCUT2D eigenvalue weighted by Crippen LogP contribution is -2.31. The van der Waals surface area contributed by atoms with Crippen LogP contribution in [0.2, 0.25) is 0 Å². The smallest absolute Gasteiger partial charge is 0.258 e. The first-order valence-electron chi connectivity index (χ1n) is 10.1. The SMILES string of the molecule is C[C@H](NC(=O)COc1ccc(S(=O)(=O)NCCc2ccccc2)cc1)c1ccc(Br)cc1. The number of amides is 1. The number of carbonyl (C=O) groups excluding carboxylic acids is 1. The van der Waals surface area contributed by atoms with Gasteiger partial charge in [0.15, 0.2) is 6.61 Å². The minimum atomic E-state index is -3.62. The van der Waals surface area contributed by atoms with Gasteiger partial charge in [0.1, 0.15) is 5.75 Å². The van der Waals surface area contributed by atoms with Crippen molar-refractivity contribution in [2.45, 2.75) is 24.3 Å². The molecule has 0 bridgehead atoms. The molecule has 6 nitrogen and oxygen atoms in total. The van der Waals surface area contributed by atoms with Crippen LogP contribution in [0, 0.1) is 0 Å². The fourth-order valence-corrected chi connectivity index (χ4v) is 4.34. The van der Waals surface area contributed by atoms with Crippen molar-refractivity contribution in [1.82, 2.24) is 10.0 Å². The molecule has 0 aliphatic rings. The summed E-state index contributed by atoms with van der Waals surface area (Å²) < 4.78 is 34.0. The van der Waals surface area contributed by atoms with Crippen LogP contribution in [0.15, 0.2) is 88.2 Å². The van der Waals surface area contributed by atoms with Gasteiger partial charge in [-0.15, -0.1) is 0 Å². The Bertz CT molecular complexity index is 1120. The van der Waals surface area contributed by atoms with Crippen LogP contribution in [-0.2, 0) is 21.2 Å². The van der Waals surface area contributed by atoms with Gasteiger partial charge < -0.3 is 10.1 Å². The van der Waals surface area contributed by atoms with E-state index in [1.54, 1.807) is 0 Å². The molecule has 0 saturated carbocycles. The molecule has 0 saturated heterocycles. The lowest BCUT2D eigenvalue weighted by molar-refractivity contribution is -0.123. The zero-order chi connectivity index (χ0) is 23.0. The third-order valence-electron chi connectivity index (χ3n) is 4.80. The molecule has 168 valence electrons. The van der Waals surface area contributed by atoms with Crippen molar-refractivity contribution >= 4 is 31.9 Å². The molecule has 0 heterocycles. The maximum atomic E-state index is 12.5. The average Bonchev–Trinajstić information content (AvgIpc) is 2.79. The molecule has 8 heteroatoms. The van der Waals surface area contributed by atoms with Gasteiger partial charge in [-0.25, -0.2) is 13.1 Å². The minimum absolute atomic E-state index is 0.145. The van der Waals surface area contributed by atoms with Crippen molar-refractivity contribution in [1.29, 1.82) is 0 Å². The molecule has 3 rings (SSSR count).